The number of hydrogen-bond acceptors (Lipinski definition) is 4. The summed E-state index contributed by atoms with van der Waals surface area (Å²) in [5.74, 6) is -0.474. The molecule has 2 heterocycles. The Kier molecular flexibility index (Phi) is 4.01. The summed E-state index contributed by atoms with van der Waals surface area (Å²) < 4.78 is 19.9. The second-order valence-electron chi connectivity index (χ2n) is 7.73. The summed E-state index contributed by atoms with van der Waals surface area (Å²) >= 11 is 1.17. The van der Waals surface area contributed by atoms with Gasteiger partial charge in [-0.15, -0.1) is 0 Å². The van der Waals surface area contributed by atoms with Crippen molar-refractivity contribution < 1.29 is 4.39 Å². The van der Waals surface area contributed by atoms with Gasteiger partial charge in [-0.2, -0.15) is 0 Å². The number of halogens is 1. The fourth-order valence-corrected chi connectivity index (χ4v) is 5.18. The van der Waals surface area contributed by atoms with E-state index in [0.717, 1.165) is 35.1 Å². The molecule has 2 aromatic carbocycles. The lowest BCUT2D eigenvalue weighted by molar-refractivity contribution is 0.632. The van der Waals surface area contributed by atoms with Gasteiger partial charge in [-0.3, -0.25) is 14.0 Å². The summed E-state index contributed by atoms with van der Waals surface area (Å²) in [4.78, 5) is 25.8. The van der Waals surface area contributed by atoms with Gasteiger partial charge >= 0.3 is 0 Å². The molecule has 0 unspecified atom stereocenters. The smallest absolute Gasteiger partial charge is 0.271 e. The lowest BCUT2D eigenvalue weighted by Crippen LogP contribution is -2.15. The molecule has 0 saturated heterocycles. The standard InChI is InChI=1S/C22H20FN3O2S/c1-10-3-6-13(11(2)16(10)9-24)14-8-18-15(7-17(14)23)20(27)19-21(28)25-29-22(19)26(18)12-4-5-12/h3,6-8,12H,4-5,9,24H2,1-2H3,(H,25,28). The van der Waals surface area contributed by atoms with Crippen molar-refractivity contribution in [3.63, 3.8) is 0 Å². The van der Waals surface area contributed by atoms with Gasteiger partial charge in [0.1, 0.15) is 16.0 Å². The highest BCUT2D eigenvalue weighted by Gasteiger charge is 2.29. The van der Waals surface area contributed by atoms with E-state index in [1.54, 1.807) is 6.07 Å². The predicted octanol–water partition coefficient (Wildman–Crippen LogP) is 4.12. The minimum atomic E-state index is -0.474. The third kappa shape index (κ3) is 2.61. The van der Waals surface area contributed by atoms with Crippen molar-refractivity contribution in [2.75, 3.05) is 0 Å². The Hall–Kier alpha value is -2.77. The van der Waals surface area contributed by atoms with Gasteiger partial charge in [0.05, 0.1) is 5.52 Å². The molecule has 3 N–H and O–H groups in total. The zero-order valence-electron chi connectivity index (χ0n) is 16.1. The maximum atomic E-state index is 15.2. The quantitative estimate of drug-likeness (QED) is 0.534. The Morgan fingerprint density at radius 3 is 2.66 bits per heavy atom. The molecule has 0 radical (unpaired) electrons. The second-order valence-corrected chi connectivity index (χ2v) is 8.53. The minimum absolute atomic E-state index is 0.124. The normalized spacial score (nSPS) is 14.2. The van der Waals surface area contributed by atoms with Crippen molar-refractivity contribution in [1.29, 1.82) is 0 Å². The van der Waals surface area contributed by atoms with Crippen molar-refractivity contribution in [3.8, 4) is 11.1 Å². The van der Waals surface area contributed by atoms with Gasteiger partial charge in [0.25, 0.3) is 5.56 Å². The molecule has 0 spiro atoms. The van der Waals surface area contributed by atoms with E-state index in [1.807, 2.05) is 30.5 Å². The fourth-order valence-electron chi connectivity index (χ4n) is 4.25. The maximum absolute atomic E-state index is 15.2. The van der Waals surface area contributed by atoms with Gasteiger partial charge in [0, 0.05) is 23.5 Å². The first-order valence-corrected chi connectivity index (χ1v) is 10.4. The van der Waals surface area contributed by atoms with Crippen LogP contribution in [0.25, 0.3) is 32.2 Å². The number of pyridine rings is 1. The van der Waals surface area contributed by atoms with E-state index >= 15 is 4.39 Å². The number of nitrogens with one attached hydrogen (secondary N) is 1. The number of H-pyrrole nitrogens is 1. The van der Waals surface area contributed by atoms with Crippen LogP contribution in [-0.4, -0.2) is 8.94 Å². The summed E-state index contributed by atoms with van der Waals surface area (Å²) in [5, 5.41) is 0.372. The van der Waals surface area contributed by atoms with E-state index in [0.29, 0.717) is 22.5 Å². The molecular weight excluding hydrogens is 389 g/mol. The Labute approximate surface area is 169 Å². The fraction of sp³-hybridized carbons (Fsp3) is 0.273. The van der Waals surface area contributed by atoms with Gasteiger partial charge in [0.2, 0.25) is 5.43 Å². The van der Waals surface area contributed by atoms with E-state index in [4.69, 9.17) is 5.73 Å². The number of aromatic nitrogens is 2. The van der Waals surface area contributed by atoms with Crippen molar-refractivity contribution in [2.24, 2.45) is 5.73 Å². The average molecular weight is 409 g/mol. The van der Waals surface area contributed by atoms with Gasteiger partial charge in [0.15, 0.2) is 0 Å². The zero-order valence-corrected chi connectivity index (χ0v) is 17.0. The highest BCUT2D eigenvalue weighted by atomic mass is 32.1. The highest BCUT2D eigenvalue weighted by molar-refractivity contribution is 7.12. The Balaban J connectivity index is 1.90. The van der Waals surface area contributed by atoms with Crippen molar-refractivity contribution in [1.82, 2.24) is 8.94 Å². The number of fused-ring (bicyclic) bond motifs is 2. The lowest BCUT2D eigenvalue weighted by atomic mass is 9.92. The van der Waals surface area contributed by atoms with Crippen LogP contribution >= 0.6 is 11.5 Å². The van der Waals surface area contributed by atoms with E-state index in [-0.39, 0.29) is 16.8 Å². The van der Waals surface area contributed by atoms with Crippen LogP contribution in [0.4, 0.5) is 4.39 Å². The number of hydrogen-bond donors (Lipinski definition) is 2. The van der Waals surface area contributed by atoms with Crippen LogP contribution in [0.15, 0.2) is 33.9 Å². The number of aromatic amines is 1. The van der Waals surface area contributed by atoms with Crippen molar-refractivity contribution >= 4 is 32.7 Å². The molecule has 5 rings (SSSR count). The minimum Gasteiger partial charge on any atom is -0.328 e. The molecule has 1 saturated carbocycles. The molecule has 0 atom stereocenters. The van der Waals surface area contributed by atoms with Crippen LogP contribution in [0.1, 0.15) is 35.6 Å². The van der Waals surface area contributed by atoms with Crippen LogP contribution in [-0.2, 0) is 6.54 Å². The molecule has 5 nitrogen and oxygen atoms in total. The number of rotatable bonds is 3. The van der Waals surface area contributed by atoms with E-state index in [2.05, 4.69) is 4.37 Å². The van der Waals surface area contributed by atoms with E-state index in [1.165, 1.54) is 17.6 Å². The van der Waals surface area contributed by atoms with Gasteiger partial charge < -0.3 is 10.3 Å². The SMILES string of the molecule is Cc1ccc(-c2cc3c(cc2F)c(=O)c2c(=O)[nH]sc2n3C2CC2)c(C)c1CN. The van der Waals surface area contributed by atoms with Crippen LogP contribution in [0.3, 0.4) is 0 Å². The van der Waals surface area contributed by atoms with E-state index in [9.17, 15) is 9.59 Å². The first-order valence-electron chi connectivity index (χ1n) is 9.60. The molecule has 29 heavy (non-hydrogen) atoms. The highest BCUT2D eigenvalue weighted by Crippen LogP contribution is 2.41. The number of benzene rings is 2. The largest absolute Gasteiger partial charge is 0.328 e. The summed E-state index contributed by atoms with van der Waals surface area (Å²) in [6.07, 6.45) is 1.96. The Morgan fingerprint density at radius 2 is 1.97 bits per heavy atom. The number of aryl methyl sites for hydroxylation is 1. The third-order valence-electron chi connectivity index (χ3n) is 5.96. The molecule has 1 fully saturated rings. The van der Waals surface area contributed by atoms with Crippen LogP contribution < -0.4 is 16.7 Å². The molecule has 0 aliphatic heterocycles. The zero-order chi connectivity index (χ0) is 20.4. The molecule has 2 aromatic heterocycles. The first kappa shape index (κ1) is 18.3. The molecule has 7 heteroatoms. The summed E-state index contributed by atoms with van der Waals surface area (Å²) in [7, 11) is 0. The molecule has 1 aliphatic rings. The van der Waals surface area contributed by atoms with Crippen molar-refractivity contribution in [2.45, 2.75) is 39.3 Å². The Morgan fingerprint density at radius 1 is 1.21 bits per heavy atom. The van der Waals surface area contributed by atoms with Crippen molar-refractivity contribution in [3.05, 3.63) is 67.4 Å². The number of nitrogens with two attached hydrogens (primary N) is 1. The van der Waals surface area contributed by atoms with Crippen LogP contribution in [0.5, 0.6) is 0 Å². The summed E-state index contributed by atoms with van der Waals surface area (Å²) in [6.45, 7) is 4.32. The lowest BCUT2D eigenvalue weighted by Gasteiger charge is -2.16. The molecular formula is C22H20FN3O2S. The van der Waals surface area contributed by atoms with Gasteiger partial charge in [-0.25, -0.2) is 4.39 Å². The number of nitrogens with zero attached hydrogens (tertiary/aromatic N) is 1. The summed E-state index contributed by atoms with van der Waals surface area (Å²) in [5.41, 5.74) is 10.00. The van der Waals surface area contributed by atoms with Crippen LogP contribution in [0, 0.1) is 19.7 Å². The van der Waals surface area contributed by atoms with Gasteiger partial charge in [-0.1, -0.05) is 12.1 Å². The molecule has 0 bridgehead atoms. The third-order valence-corrected chi connectivity index (χ3v) is 6.84. The molecule has 4 aromatic rings. The topological polar surface area (TPSA) is 80.9 Å². The van der Waals surface area contributed by atoms with Crippen LogP contribution in [0.2, 0.25) is 0 Å². The molecule has 1 aliphatic carbocycles. The monoisotopic (exact) mass is 409 g/mol. The Bertz CT molecular complexity index is 1430. The van der Waals surface area contributed by atoms with E-state index < -0.39 is 16.8 Å². The molecule has 0 amide bonds. The van der Waals surface area contributed by atoms with Gasteiger partial charge in [-0.05, 0) is 72.6 Å². The predicted molar refractivity (Wildman–Crippen MR) is 115 cm³/mol. The average Bonchev–Trinajstić information content (AvgIpc) is 3.45. The second kappa shape index (κ2) is 6.37. The molecule has 148 valence electrons. The summed E-state index contributed by atoms with van der Waals surface area (Å²) in [6, 6.07) is 7.11. The maximum Gasteiger partial charge on any atom is 0.271 e. The first-order chi connectivity index (χ1) is 13.9.